The molecule has 0 aliphatic rings. The maximum Gasteiger partial charge on any atom is 0.333 e. The number of esters is 2. The molecule has 0 aromatic heterocycles. The summed E-state index contributed by atoms with van der Waals surface area (Å²) in [6.45, 7) is 11.3. The van der Waals surface area contributed by atoms with E-state index in [1.54, 1.807) is 13.8 Å². The quantitative estimate of drug-likeness (QED) is 0.356. The Kier molecular flexibility index (Phi) is 8.57. The van der Waals surface area contributed by atoms with Crippen LogP contribution in [0, 0.1) is 0 Å². The van der Waals surface area contributed by atoms with Crippen molar-refractivity contribution in [2.24, 2.45) is 0 Å². The van der Waals surface area contributed by atoms with Gasteiger partial charge < -0.3 is 14.2 Å². The monoisotopic (exact) mass is 256 g/mol. The van der Waals surface area contributed by atoms with E-state index in [0.29, 0.717) is 30.8 Å². The number of hydrogen-bond donors (Lipinski definition) is 0. The molecule has 0 unspecified atom stereocenters. The summed E-state index contributed by atoms with van der Waals surface area (Å²) < 4.78 is 14.9. The largest absolute Gasteiger partial charge is 0.462 e. The lowest BCUT2D eigenvalue weighted by molar-refractivity contribution is -0.141. The molecule has 0 saturated heterocycles. The van der Waals surface area contributed by atoms with Crippen LogP contribution in [-0.2, 0) is 23.8 Å². The van der Waals surface area contributed by atoms with Crippen LogP contribution < -0.4 is 0 Å². The van der Waals surface area contributed by atoms with Gasteiger partial charge in [-0.2, -0.15) is 0 Å². The zero-order chi connectivity index (χ0) is 14.0. The minimum atomic E-state index is -0.422. The maximum absolute atomic E-state index is 11.0. The van der Waals surface area contributed by atoms with Gasteiger partial charge in [-0.1, -0.05) is 13.2 Å². The normalized spacial score (nSPS) is 9.67. The van der Waals surface area contributed by atoms with Gasteiger partial charge in [-0.05, 0) is 13.8 Å². The van der Waals surface area contributed by atoms with Crippen LogP contribution in [0.1, 0.15) is 20.3 Å². The summed E-state index contributed by atoms with van der Waals surface area (Å²) in [5.74, 6) is -0.820. The van der Waals surface area contributed by atoms with Crippen LogP contribution >= 0.6 is 0 Å². The van der Waals surface area contributed by atoms with E-state index in [9.17, 15) is 9.59 Å². The molecule has 0 radical (unpaired) electrons. The fourth-order valence-corrected chi connectivity index (χ4v) is 0.868. The number of hydrogen-bond acceptors (Lipinski definition) is 5. The van der Waals surface area contributed by atoms with Crippen molar-refractivity contribution in [1.82, 2.24) is 0 Å². The molecule has 0 aromatic carbocycles. The first-order valence-electron chi connectivity index (χ1n) is 5.68. The minimum absolute atomic E-state index is 0.192. The number of carbonyl (C=O) groups excluding carboxylic acids is 2. The van der Waals surface area contributed by atoms with E-state index in [-0.39, 0.29) is 13.2 Å². The van der Waals surface area contributed by atoms with E-state index in [2.05, 4.69) is 13.2 Å². The highest BCUT2D eigenvalue weighted by atomic mass is 16.6. The summed E-state index contributed by atoms with van der Waals surface area (Å²) in [6, 6.07) is 0. The highest BCUT2D eigenvalue weighted by Gasteiger charge is 2.03. The summed E-state index contributed by atoms with van der Waals surface area (Å²) in [5.41, 5.74) is 0.740. The third-order valence-corrected chi connectivity index (χ3v) is 1.82. The Hall–Kier alpha value is -1.62. The summed E-state index contributed by atoms with van der Waals surface area (Å²) in [6.07, 6.45) is 0.591. The highest BCUT2D eigenvalue weighted by Crippen LogP contribution is 1.94. The Bertz CT molecular complexity index is 287. The second kappa shape index (κ2) is 9.41. The van der Waals surface area contributed by atoms with Crippen molar-refractivity contribution in [1.29, 1.82) is 0 Å². The van der Waals surface area contributed by atoms with Gasteiger partial charge >= 0.3 is 11.9 Å². The Morgan fingerprint density at radius 3 is 1.83 bits per heavy atom. The van der Waals surface area contributed by atoms with Crippen molar-refractivity contribution in [2.45, 2.75) is 20.3 Å². The SMILES string of the molecule is C=C(C)C(=O)OCCCOCCOC(=O)C(=C)C. The molecule has 5 nitrogen and oxygen atoms in total. The second-order valence-electron chi connectivity index (χ2n) is 3.80. The summed E-state index contributed by atoms with van der Waals surface area (Å²) >= 11 is 0. The van der Waals surface area contributed by atoms with E-state index in [1.807, 2.05) is 0 Å². The molecule has 0 atom stereocenters. The predicted octanol–water partition coefficient (Wildman–Crippen LogP) is 1.63. The minimum Gasteiger partial charge on any atom is -0.462 e. The molecule has 0 aliphatic carbocycles. The van der Waals surface area contributed by atoms with Crippen molar-refractivity contribution in [2.75, 3.05) is 26.4 Å². The number of carbonyl (C=O) groups is 2. The smallest absolute Gasteiger partial charge is 0.333 e. The van der Waals surface area contributed by atoms with Crippen LogP contribution in [0.25, 0.3) is 0 Å². The Morgan fingerprint density at radius 2 is 1.33 bits per heavy atom. The van der Waals surface area contributed by atoms with Crippen molar-refractivity contribution in [3.05, 3.63) is 24.3 Å². The molecule has 0 aromatic rings. The standard InChI is InChI=1S/C13H20O5/c1-10(2)12(14)17-7-5-6-16-8-9-18-13(15)11(3)4/h1,3,5-9H2,2,4H3. The molecule has 5 heteroatoms. The van der Waals surface area contributed by atoms with Crippen molar-refractivity contribution in [3.63, 3.8) is 0 Å². The van der Waals surface area contributed by atoms with Crippen LogP contribution in [0.3, 0.4) is 0 Å². The first-order chi connectivity index (χ1) is 8.45. The van der Waals surface area contributed by atoms with Crippen molar-refractivity contribution < 1.29 is 23.8 Å². The van der Waals surface area contributed by atoms with Crippen LogP contribution in [0.5, 0.6) is 0 Å². The fraction of sp³-hybridized carbons (Fsp3) is 0.538. The van der Waals surface area contributed by atoms with Crippen molar-refractivity contribution >= 4 is 11.9 Å². The lowest BCUT2D eigenvalue weighted by Gasteiger charge is -2.06. The van der Waals surface area contributed by atoms with Gasteiger partial charge in [0.05, 0.1) is 13.2 Å². The third-order valence-electron chi connectivity index (χ3n) is 1.82. The van der Waals surface area contributed by atoms with E-state index in [4.69, 9.17) is 14.2 Å². The molecular weight excluding hydrogens is 236 g/mol. The predicted molar refractivity (Wildman–Crippen MR) is 67.0 cm³/mol. The summed E-state index contributed by atoms with van der Waals surface area (Å²) in [7, 11) is 0. The summed E-state index contributed by atoms with van der Waals surface area (Å²) in [5, 5.41) is 0. The molecule has 0 bridgehead atoms. The fourth-order valence-electron chi connectivity index (χ4n) is 0.868. The number of rotatable bonds is 9. The lowest BCUT2D eigenvalue weighted by atomic mass is 10.4. The van der Waals surface area contributed by atoms with E-state index < -0.39 is 11.9 Å². The molecule has 0 amide bonds. The van der Waals surface area contributed by atoms with E-state index in [1.165, 1.54) is 0 Å². The maximum atomic E-state index is 11.0. The molecule has 0 N–H and O–H groups in total. The van der Waals surface area contributed by atoms with E-state index >= 15 is 0 Å². The van der Waals surface area contributed by atoms with Gasteiger partial charge in [0.25, 0.3) is 0 Å². The van der Waals surface area contributed by atoms with Gasteiger partial charge in [0.2, 0.25) is 0 Å². The molecular formula is C13H20O5. The van der Waals surface area contributed by atoms with Crippen molar-refractivity contribution in [3.8, 4) is 0 Å². The lowest BCUT2D eigenvalue weighted by Crippen LogP contribution is -2.12. The molecule has 18 heavy (non-hydrogen) atoms. The topological polar surface area (TPSA) is 61.8 Å². The first kappa shape index (κ1) is 16.4. The van der Waals surface area contributed by atoms with E-state index in [0.717, 1.165) is 0 Å². The van der Waals surface area contributed by atoms with Crippen LogP contribution in [0.2, 0.25) is 0 Å². The average molecular weight is 256 g/mol. The van der Waals surface area contributed by atoms with Crippen LogP contribution in [-0.4, -0.2) is 38.4 Å². The average Bonchev–Trinajstić information content (AvgIpc) is 2.31. The zero-order valence-electron chi connectivity index (χ0n) is 11.0. The summed E-state index contributed by atoms with van der Waals surface area (Å²) in [4.78, 5) is 22.0. The second-order valence-corrected chi connectivity index (χ2v) is 3.80. The highest BCUT2D eigenvalue weighted by molar-refractivity contribution is 5.87. The molecule has 0 rings (SSSR count). The Labute approximate surface area is 107 Å². The first-order valence-corrected chi connectivity index (χ1v) is 5.68. The molecule has 0 saturated carbocycles. The molecule has 102 valence electrons. The number of ether oxygens (including phenoxy) is 3. The van der Waals surface area contributed by atoms with Gasteiger partial charge in [-0.15, -0.1) is 0 Å². The molecule has 0 fully saturated rings. The van der Waals surface area contributed by atoms with Gasteiger partial charge in [0.15, 0.2) is 0 Å². The Morgan fingerprint density at radius 1 is 0.833 bits per heavy atom. The molecule has 0 spiro atoms. The zero-order valence-corrected chi connectivity index (χ0v) is 11.0. The van der Waals surface area contributed by atoms with Gasteiger partial charge in [0, 0.05) is 24.2 Å². The molecule has 0 aliphatic heterocycles. The Balaban J connectivity index is 3.32. The van der Waals surface area contributed by atoms with Gasteiger partial charge in [0.1, 0.15) is 6.61 Å². The molecule has 0 heterocycles. The van der Waals surface area contributed by atoms with Gasteiger partial charge in [-0.25, -0.2) is 9.59 Å². The van der Waals surface area contributed by atoms with Crippen LogP contribution in [0.4, 0.5) is 0 Å². The third kappa shape index (κ3) is 8.52. The van der Waals surface area contributed by atoms with Gasteiger partial charge in [-0.3, -0.25) is 0 Å². The van der Waals surface area contributed by atoms with Crippen LogP contribution in [0.15, 0.2) is 24.3 Å².